The molecule has 2 N–H and O–H groups in total. The van der Waals surface area contributed by atoms with E-state index in [1.807, 2.05) is 31.2 Å². The third kappa shape index (κ3) is 4.11. The maximum absolute atomic E-state index is 13.1. The number of rotatable bonds is 4. The summed E-state index contributed by atoms with van der Waals surface area (Å²) in [4.78, 5) is 18.7. The Kier molecular flexibility index (Phi) is 4.79. The second kappa shape index (κ2) is 7.03. The fourth-order valence-corrected chi connectivity index (χ4v) is 2.54. The monoisotopic (exact) mass is 359 g/mol. The zero-order valence-corrected chi connectivity index (χ0v) is 13.9. The highest BCUT2D eigenvalue weighted by Gasteiger charge is 2.32. The van der Waals surface area contributed by atoms with Gasteiger partial charge in [0.25, 0.3) is 5.56 Å². The van der Waals surface area contributed by atoms with E-state index >= 15 is 0 Å². The number of benzene rings is 2. The van der Waals surface area contributed by atoms with Crippen molar-refractivity contribution in [2.75, 3.05) is 5.32 Å². The number of H-pyrrole nitrogens is 1. The van der Waals surface area contributed by atoms with E-state index in [1.54, 1.807) is 0 Å². The van der Waals surface area contributed by atoms with Gasteiger partial charge in [-0.05, 0) is 18.6 Å². The van der Waals surface area contributed by atoms with Crippen LogP contribution in [0, 0.1) is 6.92 Å². The molecule has 0 amide bonds. The first-order valence-electron chi connectivity index (χ1n) is 7.90. The van der Waals surface area contributed by atoms with Crippen LogP contribution in [0.2, 0.25) is 0 Å². The first-order valence-corrected chi connectivity index (χ1v) is 7.90. The van der Waals surface area contributed by atoms with Gasteiger partial charge in [0.05, 0.1) is 11.3 Å². The number of aryl methyl sites for hydroxylation is 1. The van der Waals surface area contributed by atoms with Crippen LogP contribution in [0.15, 0.2) is 59.4 Å². The summed E-state index contributed by atoms with van der Waals surface area (Å²) >= 11 is 0. The fourth-order valence-electron chi connectivity index (χ4n) is 2.54. The molecule has 26 heavy (non-hydrogen) atoms. The average Bonchev–Trinajstić information content (AvgIpc) is 2.59. The molecule has 0 fully saturated rings. The molecule has 0 aliphatic heterocycles. The fraction of sp³-hybridized carbons (Fsp3) is 0.158. The highest BCUT2D eigenvalue weighted by molar-refractivity contribution is 5.60. The number of hydrogen-bond donors (Lipinski definition) is 2. The van der Waals surface area contributed by atoms with Gasteiger partial charge in [-0.2, -0.15) is 13.2 Å². The predicted octanol–water partition coefficient (Wildman–Crippen LogP) is 4.38. The molecular weight excluding hydrogens is 343 g/mol. The molecule has 3 rings (SSSR count). The lowest BCUT2D eigenvalue weighted by Gasteiger charge is -2.13. The summed E-state index contributed by atoms with van der Waals surface area (Å²) in [6.45, 7) is 1.83. The Morgan fingerprint density at radius 1 is 1.08 bits per heavy atom. The van der Waals surface area contributed by atoms with Crippen molar-refractivity contribution in [3.8, 4) is 11.3 Å². The van der Waals surface area contributed by atoms with Crippen LogP contribution in [0.25, 0.3) is 11.3 Å². The summed E-state index contributed by atoms with van der Waals surface area (Å²) in [7, 11) is 0. The molecule has 3 aromatic rings. The minimum Gasteiger partial charge on any atom is -0.352 e. The van der Waals surface area contributed by atoms with Crippen LogP contribution >= 0.6 is 0 Å². The highest BCUT2D eigenvalue weighted by Crippen LogP contribution is 2.32. The molecule has 134 valence electrons. The molecule has 0 saturated carbocycles. The summed E-state index contributed by atoms with van der Waals surface area (Å²) in [5, 5.41) is 2.77. The van der Waals surface area contributed by atoms with Crippen LogP contribution < -0.4 is 10.9 Å². The molecule has 0 aliphatic carbocycles. The van der Waals surface area contributed by atoms with Gasteiger partial charge in [0.2, 0.25) is 5.95 Å². The van der Waals surface area contributed by atoms with E-state index in [4.69, 9.17) is 0 Å². The van der Waals surface area contributed by atoms with Crippen LogP contribution in [0.5, 0.6) is 0 Å². The predicted molar refractivity (Wildman–Crippen MR) is 93.8 cm³/mol. The van der Waals surface area contributed by atoms with E-state index in [2.05, 4.69) is 15.3 Å². The highest BCUT2D eigenvalue weighted by atomic mass is 19.4. The first-order chi connectivity index (χ1) is 12.3. The summed E-state index contributed by atoms with van der Waals surface area (Å²) in [6.07, 6.45) is -4.44. The molecular formula is C19H16F3N3O. The number of aromatic amines is 1. The maximum atomic E-state index is 13.1. The van der Waals surface area contributed by atoms with Crippen LogP contribution in [0.4, 0.5) is 19.1 Å². The van der Waals surface area contributed by atoms with Crippen LogP contribution in [0.1, 0.15) is 16.7 Å². The number of anilines is 1. The van der Waals surface area contributed by atoms with Crippen molar-refractivity contribution in [2.24, 2.45) is 0 Å². The summed E-state index contributed by atoms with van der Waals surface area (Å²) in [5.74, 6) is 0.116. The van der Waals surface area contributed by atoms with Gasteiger partial charge >= 0.3 is 6.18 Å². The van der Waals surface area contributed by atoms with E-state index in [0.29, 0.717) is 5.69 Å². The molecule has 2 aromatic carbocycles. The Bertz CT molecular complexity index is 963. The van der Waals surface area contributed by atoms with Crippen molar-refractivity contribution in [3.05, 3.63) is 81.6 Å². The Morgan fingerprint density at radius 3 is 2.46 bits per heavy atom. The molecule has 1 heterocycles. The third-order valence-electron chi connectivity index (χ3n) is 3.86. The van der Waals surface area contributed by atoms with E-state index in [0.717, 1.165) is 17.2 Å². The van der Waals surface area contributed by atoms with Gasteiger partial charge in [0.15, 0.2) is 0 Å². The quantitative estimate of drug-likeness (QED) is 0.727. The molecule has 0 spiro atoms. The minimum absolute atomic E-state index is 0.0726. The minimum atomic E-state index is -4.44. The van der Waals surface area contributed by atoms with Crippen molar-refractivity contribution >= 4 is 5.95 Å². The van der Waals surface area contributed by atoms with Crippen LogP contribution in [-0.4, -0.2) is 9.97 Å². The lowest BCUT2D eigenvalue weighted by atomic mass is 10.1. The molecule has 4 nitrogen and oxygen atoms in total. The van der Waals surface area contributed by atoms with Crippen LogP contribution in [0.3, 0.4) is 0 Å². The molecule has 0 aliphatic rings. The number of alkyl halides is 3. The topological polar surface area (TPSA) is 57.8 Å². The summed E-state index contributed by atoms with van der Waals surface area (Å²) < 4.78 is 39.2. The van der Waals surface area contributed by atoms with Crippen molar-refractivity contribution in [1.82, 2.24) is 9.97 Å². The number of nitrogens with zero attached hydrogens (tertiary/aromatic N) is 1. The smallest absolute Gasteiger partial charge is 0.352 e. The molecule has 0 saturated heterocycles. The van der Waals surface area contributed by atoms with Gasteiger partial charge in [-0.3, -0.25) is 9.78 Å². The SMILES string of the molecule is Cc1ccc(-c2cc(=O)[nH]c(NCc3ccccc3C(F)(F)F)n2)cc1. The summed E-state index contributed by atoms with van der Waals surface area (Å²) in [5.41, 5.74) is 1.23. The normalized spacial score (nSPS) is 11.4. The largest absolute Gasteiger partial charge is 0.416 e. The number of aromatic nitrogens is 2. The van der Waals surface area contributed by atoms with E-state index in [-0.39, 0.29) is 23.6 Å². The number of hydrogen-bond acceptors (Lipinski definition) is 3. The zero-order valence-electron chi connectivity index (χ0n) is 13.9. The Balaban J connectivity index is 1.86. The Hall–Kier alpha value is -3.09. The van der Waals surface area contributed by atoms with Crippen LogP contribution in [-0.2, 0) is 12.7 Å². The third-order valence-corrected chi connectivity index (χ3v) is 3.86. The van der Waals surface area contributed by atoms with Crippen molar-refractivity contribution < 1.29 is 13.2 Å². The number of nitrogens with one attached hydrogen (secondary N) is 2. The average molecular weight is 359 g/mol. The lowest BCUT2D eigenvalue weighted by Crippen LogP contribution is -2.15. The van der Waals surface area contributed by atoms with E-state index in [9.17, 15) is 18.0 Å². The van der Waals surface area contributed by atoms with E-state index in [1.165, 1.54) is 24.3 Å². The Labute approximate surface area is 147 Å². The van der Waals surface area contributed by atoms with Gasteiger partial charge in [-0.15, -0.1) is 0 Å². The molecule has 0 unspecified atom stereocenters. The van der Waals surface area contributed by atoms with E-state index < -0.39 is 11.7 Å². The molecule has 0 bridgehead atoms. The van der Waals surface area contributed by atoms with Gasteiger partial charge in [-0.1, -0.05) is 48.0 Å². The zero-order chi connectivity index (χ0) is 18.7. The van der Waals surface area contributed by atoms with Gasteiger partial charge in [0.1, 0.15) is 0 Å². The second-order valence-corrected chi connectivity index (χ2v) is 5.85. The lowest BCUT2D eigenvalue weighted by molar-refractivity contribution is -0.138. The molecule has 0 atom stereocenters. The van der Waals surface area contributed by atoms with Crippen molar-refractivity contribution in [3.63, 3.8) is 0 Å². The molecule has 0 radical (unpaired) electrons. The van der Waals surface area contributed by atoms with Gasteiger partial charge < -0.3 is 5.32 Å². The van der Waals surface area contributed by atoms with Gasteiger partial charge in [-0.25, -0.2) is 4.98 Å². The van der Waals surface area contributed by atoms with Crippen molar-refractivity contribution in [2.45, 2.75) is 19.6 Å². The first kappa shape index (κ1) is 17.7. The number of halogens is 3. The summed E-state index contributed by atoms with van der Waals surface area (Å²) in [6, 6.07) is 14.1. The van der Waals surface area contributed by atoms with Crippen molar-refractivity contribution in [1.29, 1.82) is 0 Å². The molecule has 1 aromatic heterocycles. The standard InChI is InChI=1S/C19H16F3N3O/c1-12-6-8-13(9-7-12)16-10-17(26)25-18(24-16)23-11-14-4-2-3-5-15(14)19(20,21)22/h2-10H,11H2,1H3,(H2,23,24,25,26). The molecule has 7 heteroatoms. The second-order valence-electron chi connectivity index (χ2n) is 5.85. The Morgan fingerprint density at radius 2 is 1.77 bits per heavy atom. The maximum Gasteiger partial charge on any atom is 0.416 e. The van der Waals surface area contributed by atoms with Gasteiger partial charge in [0, 0.05) is 18.2 Å².